The van der Waals surface area contributed by atoms with E-state index in [1.165, 1.54) is 38.5 Å². The predicted molar refractivity (Wildman–Crippen MR) is 67.8 cm³/mol. The Morgan fingerprint density at radius 2 is 1.47 bits per heavy atom. The van der Waals surface area contributed by atoms with Crippen LogP contribution < -0.4 is 0 Å². The highest BCUT2D eigenvalue weighted by Crippen LogP contribution is 2.57. The van der Waals surface area contributed by atoms with E-state index in [1.807, 2.05) is 0 Å². The maximum Gasteiger partial charge on any atom is 0.0690 e. The van der Waals surface area contributed by atoms with Gasteiger partial charge in [0.05, 0.1) is 5.60 Å². The molecule has 0 saturated heterocycles. The van der Waals surface area contributed by atoms with Crippen molar-refractivity contribution >= 4 is 0 Å². The number of unbranched alkanes of at least 4 members (excludes halogenated alkanes) is 2. The number of rotatable bonds is 6. The van der Waals surface area contributed by atoms with Gasteiger partial charge in [-0.15, -0.1) is 0 Å². The van der Waals surface area contributed by atoms with Gasteiger partial charge in [0, 0.05) is 13.2 Å². The van der Waals surface area contributed by atoms with E-state index in [-0.39, 0.29) is 5.60 Å². The number of ether oxygens (including phenoxy) is 1. The first kappa shape index (κ1) is 12.0. The van der Waals surface area contributed by atoms with E-state index in [4.69, 9.17) is 9.84 Å². The summed E-state index contributed by atoms with van der Waals surface area (Å²) in [5.41, 5.74) is 0.286. The van der Waals surface area contributed by atoms with Gasteiger partial charge in [-0.05, 0) is 75.5 Å². The normalized spacial score (nSPS) is 43.2. The maximum absolute atomic E-state index is 8.75. The number of hydrogen-bond acceptors (Lipinski definition) is 2. The molecule has 0 unspecified atom stereocenters. The first-order valence-electron chi connectivity index (χ1n) is 7.54. The van der Waals surface area contributed by atoms with Crippen molar-refractivity contribution < 1.29 is 9.84 Å². The molecule has 0 heterocycles. The zero-order chi connectivity index (χ0) is 11.7. The second kappa shape index (κ2) is 4.89. The van der Waals surface area contributed by atoms with Crippen LogP contribution in [0.1, 0.15) is 57.8 Å². The lowest BCUT2D eigenvalue weighted by Gasteiger charge is -2.56. The van der Waals surface area contributed by atoms with Crippen molar-refractivity contribution in [2.75, 3.05) is 13.2 Å². The lowest BCUT2D eigenvalue weighted by Crippen LogP contribution is -2.52. The molecule has 4 rings (SSSR count). The van der Waals surface area contributed by atoms with Crippen LogP contribution in [-0.4, -0.2) is 23.9 Å². The van der Waals surface area contributed by atoms with Gasteiger partial charge in [0.15, 0.2) is 0 Å². The second-order valence-corrected chi connectivity index (χ2v) is 6.73. The molecule has 0 aromatic heterocycles. The molecule has 4 aliphatic rings. The Balaban J connectivity index is 1.49. The van der Waals surface area contributed by atoms with Crippen molar-refractivity contribution in [1.29, 1.82) is 0 Å². The third-order valence-corrected chi connectivity index (χ3v) is 5.19. The summed E-state index contributed by atoms with van der Waals surface area (Å²) in [6.07, 6.45) is 11.7. The highest BCUT2D eigenvalue weighted by molar-refractivity contribution is 5.03. The summed E-state index contributed by atoms with van der Waals surface area (Å²) in [6.45, 7) is 1.25. The van der Waals surface area contributed by atoms with Crippen molar-refractivity contribution in [3.05, 3.63) is 0 Å². The molecule has 0 aliphatic heterocycles. The third kappa shape index (κ3) is 2.53. The molecule has 17 heavy (non-hydrogen) atoms. The van der Waals surface area contributed by atoms with Gasteiger partial charge >= 0.3 is 0 Å². The Kier molecular flexibility index (Phi) is 3.45. The van der Waals surface area contributed by atoms with Crippen LogP contribution in [0.5, 0.6) is 0 Å². The first-order chi connectivity index (χ1) is 8.30. The predicted octanol–water partition coefficient (Wildman–Crippen LogP) is 3.13. The van der Waals surface area contributed by atoms with Crippen molar-refractivity contribution in [3.8, 4) is 0 Å². The van der Waals surface area contributed by atoms with Crippen molar-refractivity contribution in [1.82, 2.24) is 0 Å². The summed E-state index contributed by atoms with van der Waals surface area (Å²) in [4.78, 5) is 0. The van der Waals surface area contributed by atoms with Gasteiger partial charge in [-0.1, -0.05) is 0 Å². The minimum absolute atomic E-state index is 0.286. The fraction of sp³-hybridized carbons (Fsp3) is 1.00. The molecular weight excluding hydrogens is 212 g/mol. The van der Waals surface area contributed by atoms with Crippen molar-refractivity contribution in [2.45, 2.75) is 63.4 Å². The molecular formula is C15H26O2. The van der Waals surface area contributed by atoms with Crippen molar-refractivity contribution in [3.63, 3.8) is 0 Å². The summed E-state index contributed by atoms with van der Waals surface area (Å²) in [7, 11) is 0. The first-order valence-corrected chi connectivity index (χ1v) is 7.54. The Morgan fingerprint density at radius 1 is 0.882 bits per heavy atom. The van der Waals surface area contributed by atoms with E-state index in [2.05, 4.69) is 0 Å². The molecule has 0 amide bonds. The minimum Gasteiger partial charge on any atom is -0.396 e. The highest BCUT2D eigenvalue weighted by atomic mass is 16.5. The standard InChI is InChI=1S/C15H26O2/c16-4-2-1-3-5-17-15-9-12-6-13(10-15)8-14(7-12)11-15/h12-14,16H,1-11H2. The Labute approximate surface area is 105 Å². The van der Waals surface area contributed by atoms with Crippen LogP contribution in [0.2, 0.25) is 0 Å². The van der Waals surface area contributed by atoms with Crippen LogP contribution in [0, 0.1) is 17.8 Å². The average molecular weight is 238 g/mol. The van der Waals surface area contributed by atoms with Gasteiger partial charge < -0.3 is 9.84 Å². The molecule has 4 aliphatic carbocycles. The fourth-order valence-electron chi connectivity index (χ4n) is 4.89. The van der Waals surface area contributed by atoms with E-state index in [0.717, 1.165) is 43.6 Å². The largest absolute Gasteiger partial charge is 0.396 e. The number of hydrogen-bond donors (Lipinski definition) is 1. The molecule has 0 radical (unpaired) electrons. The van der Waals surface area contributed by atoms with Crippen LogP contribution >= 0.6 is 0 Å². The molecule has 2 nitrogen and oxygen atoms in total. The highest BCUT2D eigenvalue weighted by Gasteiger charge is 2.51. The quantitative estimate of drug-likeness (QED) is 0.720. The molecule has 0 spiro atoms. The molecule has 4 fully saturated rings. The minimum atomic E-state index is 0.286. The molecule has 0 aromatic carbocycles. The SMILES string of the molecule is OCCCCCOC12CC3CC(CC(C3)C1)C2. The van der Waals surface area contributed by atoms with Gasteiger partial charge in [-0.3, -0.25) is 0 Å². The molecule has 4 saturated carbocycles. The van der Waals surface area contributed by atoms with E-state index in [1.54, 1.807) is 0 Å². The number of aliphatic hydroxyl groups is 1. The molecule has 4 bridgehead atoms. The molecule has 0 aromatic rings. The summed E-state index contributed by atoms with van der Waals surface area (Å²) in [5.74, 6) is 2.95. The summed E-state index contributed by atoms with van der Waals surface area (Å²) < 4.78 is 6.31. The second-order valence-electron chi connectivity index (χ2n) is 6.73. The van der Waals surface area contributed by atoms with E-state index in [0.29, 0.717) is 6.61 Å². The zero-order valence-electron chi connectivity index (χ0n) is 10.9. The zero-order valence-corrected chi connectivity index (χ0v) is 10.9. The van der Waals surface area contributed by atoms with E-state index in [9.17, 15) is 0 Å². The smallest absolute Gasteiger partial charge is 0.0690 e. The van der Waals surface area contributed by atoms with Crippen molar-refractivity contribution in [2.24, 2.45) is 17.8 Å². The van der Waals surface area contributed by atoms with Crippen LogP contribution in [0.15, 0.2) is 0 Å². The maximum atomic E-state index is 8.75. The Morgan fingerprint density at radius 3 is 2.00 bits per heavy atom. The van der Waals surface area contributed by atoms with Crippen LogP contribution in [0.25, 0.3) is 0 Å². The van der Waals surface area contributed by atoms with E-state index < -0.39 is 0 Å². The molecule has 2 heteroatoms. The van der Waals surface area contributed by atoms with E-state index >= 15 is 0 Å². The third-order valence-electron chi connectivity index (χ3n) is 5.19. The fourth-order valence-corrected chi connectivity index (χ4v) is 4.89. The summed E-state index contributed by atoms with van der Waals surface area (Å²) in [5, 5.41) is 8.75. The van der Waals surface area contributed by atoms with Crippen LogP contribution in [0.3, 0.4) is 0 Å². The topological polar surface area (TPSA) is 29.5 Å². The lowest BCUT2D eigenvalue weighted by atomic mass is 9.54. The molecule has 98 valence electrons. The lowest BCUT2D eigenvalue weighted by molar-refractivity contribution is -0.162. The van der Waals surface area contributed by atoms with Gasteiger partial charge in [-0.2, -0.15) is 0 Å². The van der Waals surface area contributed by atoms with Crippen LogP contribution in [0.4, 0.5) is 0 Å². The summed E-state index contributed by atoms with van der Waals surface area (Å²) in [6, 6.07) is 0. The monoisotopic (exact) mass is 238 g/mol. The van der Waals surface area contributed by atoms with Gasteiger partial charge in [0.1, 0.15) is 0 Å². The molecule has 1 N–H and O–H groups in total. The van der Waals surface area contributed by atoms with Gasteiger partial charge in [0.25, 0.3) is 0 Å². The summed E-state index contributed by atoms with van der Waals surface area (Å²) >= 11 is 0. The van der Waals surface area contributed by atoms with Gasteiger partial charge in [0.2, 0.25) is 0 Å². The number of aliphatic hydroxyl groups excluding tert-OH is 1. The molecule has 0 atom stereocenters. The average Bonchev–Trinajstić information content (AvgIpc) is 2.26. The van der Waals surface area contributed by atoms with Crippen LogP contribution in [-0.2, 0) is 4.74 Å². The van der Waals surface area contributed by atoms with Gasteiger partial charge in [-0.25, -0.2) is 0 Å². The Hall–Kier alpha value is -0.0800. The Bertz CT molecular complexity index is 226.